The molecule has 1 amide bonds. The van der Waals surface area contributed by atoms with E-state index < -0.39 is 23.7 Å². The van der Waals surface area contributed by atoms with Crippen LogP contribution in [0.3, 0.4) is 0 Å². The van der Waals surface area contributed by atoms with Gasteiger partial charge in [-0.2, -0.15) is 13.2 Å². The van der Waals surface area contributed by atoms with Crippen LogP contribution in [0.5, 0.6) is 0 Å². The standard InChI is InChI=1S/C17H19BrF3N3O2/c18-14-9-13(26-23-14)10-5-7-24(8-6-10)15(16(22)25)11-1-3-12(4-2-11)17(19,20)21/h1-4,10,13,15H,5-9H2,(H2,22,25)/t13?,15-/m0/s1. The number of likely N-dealkylation sites (tertiary alicyclic amines) is 1. The van der Waals surface area contributed by atoms with Crippen LogP contribution in [0.25, 0.3) is 0 Å². The van der Waals surface area contributed by atoms with Gasteiger partial charge in [-0.3, -0.25) is 9.69 Å². The maximum atomic E-state index is 12.7. The number of nitrogens with zero attached hydrogens (tertiary/aromatic N) is 2. The molecule has 0 radical (unpaired) electrons. The maximum absolute atomic E-state index is 12.7. The maximum Gasteiger partial charge on any atom is 0.416 e. The Morgan fingerprint density at radius 3 is 2.35 bits per heavy atom. The van der Waals surface area contributed by atoms with Crippen LogP contribution in [-0.4, -0.2) is 34.6 Å². The minimum absolute atomic E-state index is 0.0321. The Morgan fingerprint density at radius 2 is 1.88 bits per heavy atom. The normalized spacial score (nSPS) is 23.4. The minimum atomic E-state index is -4.41. The second kappa shape index (κ2) is 7.56. The number of nitrogens with two attached hydrogens (primary N) is 1. The summed E-state index contributed by atoms with van der Waals surface area (Å²) in [6, 6.07) is 3.90. The van der Waals surface area contributed by atoms with Crippen LogP contribution in [-0.2, 0) is 15.8 Å². The van der Waals surface area contributed by atoms with Crippen molar-refractivity contribution in [2.45, 2.75) is 37.6 Å². The van der Waals surface area contributed by atoms with Gasteiger partial charge in [-0.05, 0) is 59.6 Å². The van der Waals surface area contributed by atoms with Crippen molar-refractivity contribution < 1.29 is 22.8 Å². The van der Waals surface area contributed by atoms with Gasteiger partial charge < -0.3 is 10.6 Å². The van der Waals surface area contributed by atoms with Gasteiger partial charge in [0.25, 0.3) is 0 Å². The van der Waals surface area contributed by atoms with Crippen molar-refractivity contribution in [2.24, 2.45) is 16.8 Å². The smallest absolute Gasteiger partial charge is 0.391 e. The van der Waals surface area contributed by atoms with Gasteiger partial charge in [0.05, 0.1) is 5.56 Å². The van der Waals surface area contributed by atoms with Gasteiger partial charge in [0.2, 0.25) is 5.91 Å². The van der Waals surface area contributed by atoms with Crippen molar-refractivity contribution in [3.8, 4) is 0 Å². The topological polar surface area (TPSA) is 67.9 Å². The summed E-state index contributed by atoms with van der Waals surface area (Å²) in [4.78, 5) is 19.3. The van der Waals surface area contributed by atoms with E-state index in [1.54, 1.807) is 0 Å². The van der Waals surface area contributed by atoms with Gasteiger partial charge in [0.15, 0.2) is 0 Å². The zero-order valence-electron chi connectivity index (χ0n) is 13.9. The van der Waals surface area contributed by atoms with E-state index in [1.165, 1.54) is 12.1 Å². The molecule has 142 valence electrons. The summed E-state index contributed by atoms with van der Waals surface area (Å²) in [5.41, 5.74) is 5.28. The Bertz CT molecular complexity index is 685. The number of carbonyl (C=O) groups is 1. The number of primary amides is 1. The van der Waals surface area contributed by atoms with Crippen LogP contribution in [0.4, 0.5) is 13.2 Å². The minimum Gasteiger partial charge on any atom is -0.391 e. The molecule has 26 heavy (non-hydrogen) atoms. The summed E-state index contributed by atoms with van der Waals surface area (Å²) < 4.78 is 39.0. The lowest BCUT2D eigenvalue weighted by molar-refractivity contribution is -0.137. The first-order chi connectivity index (χ1) is 12.3. The van der Waals surface area contributed by atoms with E-state index in [0.717, 1.165) is 36.0 Å². The van der Waals surface area contributed by atoms with E-state index in [2.05, 4.69) is 21.1 Å². The highest BCUT2D eigenvalue weighted by molar-refractivity contribution is 9.18. The molecule has 0 spiro atoms. The highest BCUT2D eigenvalue weighted by Crippen LogP contribution is 2.34. The molecule has 0 saturated carbocycles. The monoisotopic (exact) mass is 433 g/mol. The fourth-order valence-electron chi connectivity index (χ4n) is 3.58. The Kier molecular flexibility index (Phi) is 5.57. The van der Waals surface area contributed by atoms with E-state index in [4.69, 9.17) is 10.6 Å². The van der Waals surface area contributed by atoms with Gasteiger partial charge in [-0.1, -0.05) is 17.3 Å². The number of hydrogen-bond acceptors (Lipinski definition) is 4. The fourth-order valence-corrected chi connectivity index (χ4v) is 3.98. The van der Waals surface area contributed by atoms with Crippen molar-refractivity contribution in [1.82, 2.24) is 4.90 Å². The Balaban J connectivity index is 1.67. The molecule has 9 heteroatoms. The summed E-state index contributed by atoms with van der Waals surface area (Å²) in [6.07, 6.45) is -2.01. The molecule has 1 aromatic rings. The Hall–Kier alpha value is -1.61. The summed E-state index contributed by atoms with van der Waals surface area (Å²) in [6.45, 7) is 1.24. The lowest BCUT2D eigenvalue weighted by Crippen LogP contribution is -2.44. The van der Waals surface area contributed by atoms with Gasteiger partial charge in [0, 0.05) is 12.3 Å². The lowest BCUT2D eigenvalue weighted by Gasteiger charge is -2.37. The molecule has 2 aliphatic heterocycles. The predicted molar refractivity (Wildman–Crippen MR) is 93.5 cm³/mol. The number of oxime groups is 1. The van der Waals surface area contributed by atoms with E-state index >= 15 is 0 Å². The third-order valence-electron chi connectivity index (χ3n) is 4.95. The van der Waals surface area contributed by atoms with Crippen LogP contribution >= 0.6 is 15.9 Å². The lowest BCUT2D eigenvalue weighted by atomic mass is 9.88. The number of hydrogen-bond donors (Lipinski definition) is 1. The molecule has 2 N–H and O–H groups in total. The molecule has 1 saturated heterocycles. The number of amides is 1. The van der Waals surface area contributed by atoms with E-state index in [1.807, 2.05) is 4.90 Å². The Morgan fingerprint density at radius 1 is 1.27 bits per heavy atom. The first kappa shape index (κ1) is 19.2. The van der Waals surface area contributed by atoms with Crippen molar-refractivity contribution >= 4 is 26.5 Å². The zero-order chi connectivity index (χ0) is 18.9. The van der Waals surface area contributed by atoms with Gasteiger partial charge >= 0.3 is 6.18 Å². The van der Waals surface area contributed by atoms with Crippen LogP contribution in [0, 0.1) is 5.92 Å². The molecule has 2 heterocycles. The van der Waals surface area contributed by atoms with Crippen molar-refractivity contribution in [2.75, 3.05) is 13.1 Å². The first-order valence-electron chi connectivity index (χ1n) is 8.34. The number of rotatable bonds is 4. The summed E-state index contributed by atoms with van der Waals surface area (Å²) in [7, 11) is 0. The number of alkyl halides is 3. The fraction of sp³-hybridized carbons (Fsp3) is 0.529. The third-order valence-corrected chi connectivity index (χ3v) is 5.41. The number of halogens is 4. The molecule has 3 rings (SSSR count). The van der Waals surface area contributed by atoms with E-state index in [-0.39, 0.29) is 6.10 Å². The van der Waals surface area contributed by atoms with Gasteiger partial charge in [0.1, 0.15) is 16.8 Å². The Labute approximate surface area is 157 Å². The molecule has 0 aromatic heterocycles. The molecule has 1 aromatic carbocycles. The SMILES string of the molecule is NC(=O)[C@H](c1ccc(C(F)(F)F)cc1)N1CCC(C2CC(Br)=NO2)CC1. The molecule has 5 nitrogen and oxygen atoms in total. The van der Waals surface area contributed by atoms with Crippen LogP contribution in [0.15, 0.2) is 29.4 Å². The van der Waals surface area contributed by atoms with Crippen LogP contribution in [0.2, 0.25) is 0 Å². The zero-order valence-corrected chi connectivity index (χ0v) is 15.5. The summed E-state index contributed by atoms with van der Waals surface area (Å²) in [5, 5.41) is 3.90. The number of carbonyl (C=O) groups excluding carboxylic acids is 1. The molecule has 1 fully saturated rings. The van der Waals surface area contributed by atoms with Crippen LogP contribution < -0.4 is 5.73 Å². The summed E-state index contributed by atoms with van der Waals surface area (Å²) >= 11 is 3.32. The first-order valence-corrected chi connectivity index (χ1v) is 9.13. The van der Waals surface area contributed by atoms with E-state index in [0.29, 0.717) is 24.6 Å². The molecule has 0 aliphatic carbocycles. The van der Waals surface area contributed by atoms with Crippen molar-refractivity contribution in [3.05, 3.63) is 35.4 Å². The molecule has 0 bridgehead atoms. The predicted octanol–water partition coefficient (Wildman–Crippen LogP) is 3.44. The average molecular weight is 434 g/mol. The number of piperidine rings is 1. The van der Waals surface area contributed by atoms with Crippen LogP contribution in [0.1, 0.15) is 36.4 Å². The third kappa shape index (κ3) is 4.20. The van der Waals surface area contributed by atoms with Crippen molar-refractivity contribution in [3.63, 3.8) is 0 Å². The van der Waals surface area contributed by atoms with E-state index in [9.17, 15) is 18.0 Å². The molecular weight excluding hydrogens is 415 g/mol. The largest absolute Gasteiger partial charge is 0.416 e. The molecule has 2 atom stereocenters. The van der Waals surface area contributed by atoms with Gasteiger partial charge in [-0.25, -0.2) is 0 Å². The summed E-state index contributed by atoms with van der Waals surface area (Å²) in [5.74, 6) is -0.238. The highest BCUT2D eigenvalue weighted by Gasteiger charge is 2.36. The van der Waals surface area contributed by atoms with Gasteiger partial charge in [-0.15, -0.1) is 0 Å². The number of benzene rings is 1. The second-order valence-electron chi connectivity index (χ2n) is 6.61. The molecule has 1 unspecified atom stereocenters. The highest BCUT2D eigenvalue weighted by atomic mass is 79.9. The second-order valence-corrected chi connectivity index (χ2v) is 7.53. The molecular formula is C17H19BrF3N3O2. The molecule has 2 aliphatic rings. The average Bonchev–Trinajstić information content (AvgIpc) is 3.01. The van der Waals surface area contributed by atoms with Crippen molar-refractivity contribution in [1.29, 1.82) is 0 Å². The quantitative estimate of drug-likeness (QED) is 0.790.